The van der Waals surface area contributed by atoms with Gasteiger partial charge in [-0.3, -0.25) is 0 Å². The molecule has 1 atom stereocenters. The van der Waals surface area contributed by atoms with Gasteiger partial charge in [-0.05, 0) is 66.7 Å². The van der Waals surface area contributed by atoms with Gasteiger partial charge in [-0.1, -0.05) is 0 Å². The number of halogens is 2. The third kappa shape index (κ3) is 2.91. The zero-order chi connectivity index (χ0) is 10.8. The van der Waals surface area contributed by atoms with Crippen LogP contribution < -0.4 is 5.73 Å². The van der Waals surface area contributed by atoms with Crippen molar-refractivity contribution in [2.24, 2.45) is 5.73 Å². The molecule has 15 heavy (non-hydrogen) atoms. The third-order valence-corrected chi connectivity index (χ3v) is 6.19. The Bertz CT molecular complexity index is 417. The molecule has 80 valence electrons. The predicted octanol–water partition coefficient (Wildman–Crippen LogP) is 4.58. The number of hydrogen-bond acceptors (Lipinski definition) is 3. The summed E-state index contributed by atoms with van der Waals surface area (Å²) in [6, 6.07) is 4.31. The van der Waals surface area contributed by atoms with E-state index in [1.807, 2.05) is 0 Å². The molecule has 0 spiro atoms. The molecule has 5 heteroatoms. The van der Waals surface area contributed by atoms with Gasteiger partial charge in [0, 0.05) is 15.4 Å². The van der Waals surface area contributed by atoms with E-state index < -0.39 is 0 Å². The molecular weight excluding hydrogens is 358 g/mol. The van der Waals surface area contributed by atoms with Crippen LogP contribution in [0.1, 0.15) is 16.5 Å². The highest BCUT2D eigenvalue weighted by atomic mass is 79.9. The van der Waals surface area contributed by atoms with E-state index in [-0.39, 0.29) is 6.04 Å². The van der Waals surface area contributed by atoms with Gasteiger partial charge in [-0.2, -0.15) is 11.3 Å². The van der Waals surface area contributed by atoms with E-state index in [1.165, 1.54) is 10.4 Å². The topological polar surface area (TPSA) is 26.0 Å². The van der Waals surface area contributed by atoms with Gasteiger partial charge in [0.15, 0.2) is 0 Å². The maximum atomic E-state index is 6.14. The highest BCUT2D eigenvalue weighted by Gasteiger charge is 2.12. The van der Waals surface area contributed by atoms with Gasteiger partial charge in [0.2, 0.25) is 0 Å². The Morgan fingerprint density at radius 2 is 2.20 bits per heavy atom. The quantitative estimate of drug-likeness (QED) is 0.845. The van der Waals surface area contributed by atoms with Crippen LogP contribution in [0.2, 0.25) is 0 Å². The first-order chi connectivity index (χ1) is 7.16. The molecule has 2 aromatic heterocycles. The van der Waals surface area contributed by atoms with Gasteiger partial charge in [0.05, 0.1) is 3.79 Å². The number of hydrogen-bond donors (Lipinski definition) is 1. The molecule has 0 amide bonds. The van der Waals surface area contributed by atoms with E-state index in [9.17, 15) is 0 Å². The number of nitrogens with two attached hydrogens (primary N) is 1. The highest BCUT2D eigenvalue weighted by Crippen LogP contribution is 2.35. The first-order valence-corrected chi connectivity index (χ1v) is 7.72. The van der Waals surface area contributed by atoms with Crippen LogP contribution in [0.25, 0.3) is 0 Å². The van der Waals surface area contributed by atoms with Crippen LogP contribution >= 0.6 is 54.5 Å². The van der Waals surface area contributed by atoms with E-state index in [2.05, 4.69) is 54.8 Å². The Labute approximate surface area is 114 Å². The minimum absolute atomic E-state index is 0.0900. The van der Waals surface area contributed by atoms with Crippen molar-refractivity contribution in [2.45, 2.75) is 12.5 Å². The predicted molar refractivity (Wildman–Crippen MR) is 74.7 cm³/mol. The Balaban J connectivity index is 2.11. The molecule has 1 unspecified atom stereocenters. The molecule has 2 rings (SSSR count). The molecule has 0 aliphatic rings. The summed E-state index contributed by atoms with van der Waals surface area (Å²) in [6.07, 6.45) is 0.906. The summed E-state index contributed by atoms with van der Waals surface area (Å²) in [5.41, 5.74) is 7.45. The molecule has 1 nitrogen and oxygen atoms in total. The molecule has 2 N–H and O–H groups in total. The van der Waals surface area contributed by atoms with Crippen LogP contribution in [0.15, 0.2) is 31.2 Å². The summed E-state index contributed by atoms with van der Waals surface area (Å²) < 4.78 is 2.20. The van der Waals surface area contributed by atoms with E-state index in [0.29, 0.717) is 0 Å². The molecule has 0 radical (unpaired) electrons. The Hall–Kier alpha value is 0.320. The Morgan fingerprint density at radius 3 is 2.73 bits per heavy atom. The fourth-order valence-electron chi connectivity index (χ4n) is 1.31. The lowest BCUT2D eigenvalue weighted by Crippen LogP contribution is -2.11. The van der Waals surface area contributed by atoms with E-state index in [4.69, 9.17) is 5.73 Å². The van der Waals surface area contributed by atoms with E-state index in [1.54, 1.807) is 22.7 Å². The van der Waals surface area contributed by atoms with Crippen LogP contribution in [0, 0.1) is 0 Å². The normalized spacial score (nSPS) is 13.0. The van der Waals surface area contributed by atoms with E-state index >= 15 is 0 Å². The van der Waals surface area contributed by atoms with Gasteiger partial charge in [-0.25, -0.2) is 0 Å². The summed E-state index contributed by atoms with van der Waals surface area (Å²) in [4.78, 5) is 1.21. The van der Waals surface area contributed by atoms with Crippen LogP contribution in [0.4, 0.5) is 0 Å². The van der Waals surface area contributed by atoms with Gasteiger partial charge < -0.3 is 5.73 Å². The molecule has 0 aliphatic heterocycles. The lowest BCUT2D eigenvalue weighted by Gasteiger charge is -2.07. The van der Waals surface area contributed by atoms with Crippen molar-refractivity contribution in [2.75, 3.05) is 0 Å². The maximum Gasteiger partial charge on any atom is 0.0843 e. The van der Waals surface area contributed by atoms with Crippen molar-refractivity contribution in [3.8, 4) is 0 Å². The molecule has 2 aromatic rings. The van der Waals surface area contributed by atoms with Crippen molar-refractivity contribution in [1.29, 1.82) is 0 Å². The highest BCUT2D eigenvalue weighted by molar-refractivity contribution is 9.13. The van der Waals surface area contributed by atoms with Crippen molar-refractivity contribution in [1.82, 2.24) is 0 Å². The average molecular weight is 367 g/mol. The minimum Gasteiger partial charge on any atom is -0.323 e. The second-order valence-corrected chi connectivity index (χ2v) is 7.25. The maximum absolute atomic E-state index is 6.14. The van der Waals surface area contributed by atoms with Gasteiger partial charge in [0.1, 0.15) is 0 Å². The van der Waals surface area contributed by atoms with Crippen LogP contribution in [0.5, 0.6) is 0 Å². The van der Waals surface area contributed by atoms with Crippen LogP contribution in [0.3, 0.4) is 0 Å². The average Bonchev–Trinajstić information content (AvgIpc) is 2.78. The lowest BCUT2D eigenvalue weighted by atomic mass is 10.1. The second-order valence-electron chi connectivity index (χ2n) is 3.21. The second kappa shape index (κ2) is 5.10. The zero-order valence-corrected chi connectivity index (χ0v) is 12.5. The lowest BCUT2D eigenvalue weighted by molar-refractivity contribution is 0.738. The van der Waals surface area contributed by atoms with Gasteiger partial charge >= 0.3 is 0 Å². The van der Waals surface area contributed by atoms with Crippen molar-refractivity contribution < 1.29 is 0 Å². The van der Waals surface area contributed by atoms with Crippen molar-refractivity contribution >= 4 is 54.5 Å². The fraction of sp³-hybridized carbons (Fsp3) is 0.200. The summed E-state index contributed by atoms with van der Waals surface area (Å²) >= 11 is 10.4. The molecular formula is C10H9Br2NS2. The molecule has 0 aliphatic carbocycles. The van der Waals surface area contributed by atoms with Gasteiger partial charge in [-0.15, -0.1) is 11.3 Å². The van der Waals surface area contributed by atoms with E-state index in [0.717, 1.165) is 14.7 Å². The van der Waals surface area contributed by atoms with Gasteiger partial charge in [0.25, 0.3) is 0 Å². The largest absolute Gasteiger partial charge is 0.323 e. The summed E-state index contributed by atoms with van der Waals surface area (Å²) in [6.45, 7) is 0. The summed E-state index contributed by atoms with van der Waals surface area (Å²) in [7, 11) is 0. The first-order valence-electron chi connectivity index (χ1n) is 4.38. The third-order valence-electron chi connectivity index (χ3n) is 2.07. The standard InChI is InChI=1S/C10H9Br2NS2/c11-7-4-9(15-10(7)12)8(13)3-6-1-2-14-5-6/h1-2,4-5,8H,3,13H2. The SMILES string of the molecule is NC(Cc1ccsc1)c1cc(Br)c(Br)s1. The monoisotopic (exact) mass is 365 g/mol. The summed E-state index contributed by atoms with van der Waals surface area (Å²) in [5.74, 6) is 0. The van der Waals surface area contributed by atoms with Crippen LogP contribution in [-0.4, -0.2) is 0 Å². The molecule has 0 bridgehead atoms. The fourth-order valence-corrected chi connectivity index (χ4v) is 4.08. The zero-order valence-electron chi connectivity index (χ0n) is 7.74. The number of thiophene rings is 2. The Morgan fingerprint density at radius 1 is 1.40 bits per heavy atom. The number of rotatable bonds is 3. The molecule has 0 fully saturated rings. The smallest absolute Gasteiger partial charge is 0.0843 e. The molecule has 0 saturated carbocycles. The minimum atomic E-state index is 0.0900. The molecule has 2 heterocycles. The molecule has 0 saturated heterocycles. The van der Waals surface area contributed by atoms with Crippen molar-refractivity contribution in [3.63, 3.8) is 0 Å². The first kappa shape index (κ1) is 11.8. The van der Waals surface area contributed by atoms with Crippen molar-refractivity contribution in [3.05, 3.63) is 41.6 Å². The summed E-state index contributed by atoms with van der Waals surface area (Å²) in [5, 5.41) is 4.24. The van der Waals surface area contributed by atoms with Crippen LogP contribution in [-0.2, 0) is 6.42 Å². The molecule has 0 aromatic carbocycles. The Kier molecular flexibility index (Phi) is 4.01.